The van der Waals surface area contributed by atoms with Crippen LogP contribution in [-0.2, 0) is 0 Å². The maximum Gasteiger partial charge on any atom is 0.254 e. The minimum absolute atomic E-state index is 0.00352. The molecule has 1 amide bonds. The molecule has 2 aromatic carbocycles. The number of benzene rings is 2. The smallest absolute Gasteiger partial charge is 0.254 e. The third kappa shape index (κ3) is 2.32. The molecule has 0 radical (unpaired) electrons. The molecule has 0 unspecified atom stereocenters. The topological polar surface area (TPSA) is 102 Å². The van der Waals surface area contributed by atoms with Crippen molar-refractivity contribution in [2.45, 2.75) is 12.0 Å². The molecule has 2 heterocycles. The van der Waals surface area contributed by atoms with E-state index in [1.807, 2.05) is 30.3 Å². The number of aromatic amines is 1. The van der Waals surface area contributed by atoms with Crippen LogP contribution in [-0.4, -0.2) is 62.2 Å². The summed E-state index contributed by atoms with van der Waals surface area (Å²) in [6.07, 6.45) is -0.653. The third-order valence-corrected chi connectivity index (χ3v) is 6.25. The van der Waals surface area contributed by atoms with Crippen molar-refractivity contribution >= 4 is 16.9 Å². The van der Waals surface area contributed by atoms with Crippen LogP contribution >= 0.6 is 0 Å². The Morgan fingerprint density at radius 2 is 1.96 bits per heavy atom. The molecule has 1 saturated heterocycles. The maximum atomic E-state index is 13.0. The van der Waals surface area contributed by atoms with Gasteiger partial charge in [-0.05, 0) is 35.6 Å². The first-order chi connectivity index (χ1) is 13.1. The zero-order valence-electron chi connectivity index (χ0n) is 14.6. The van der Waals surface area contributed by atoms with Gasteiger partial charge in [-0.25, -0.2) is 0 Å². The molecule has 1 aliphatic heterocycles. The molecule has 138 valence electrons. The number of nitrogens with one attached hydrogen (secondary N) is 1. The first-order valence-electron chi connectivity index (χ1n) is 9.09. The first kappa shape index (κ1) is 16.4. The number of hydrogen-bond donors (Lipinski definition) is 3. The van der Waals surface area contributed by atoms with Crippen LogP contribution in [0.15, 0.2) is 48.5 Å². The highest BCUT2D eigenvalue weighted by Crippen LogP contribution is 2.68. The number of hydrogen-bond acceptors (Lipinski definition) is 5. The van der Waals surface area contributed by atoms with Crippen molar-refractivity contribution in [1.29, 1.82) is 0 Å². The molecule has 4 atom stereocenters. The Morgan fingerprint density at radius 3 is 2.74 bits per heavy atom. The average molecular weight is 364 g/mol. The van der Waals surface area contributed by atoms with Gasteiger partial charge in [0.15, 0.2) is 0 Å². The fourth-order valence-corrected chi connectivity index (χ4v) is 4.88. The SMILES string of the molecule is O=C(c1ccc2n[nH]nc2c1)N1C[C@@H](O)[C@@]2(C1)[C@H](CO)[C@H]2c1ccccc1. The summed E-state index contributed by atoms with van der Waals surface area (Å²) in [5, 5.41) is 31.3. The maximum absolute atomic E-state index is 13.0. The molecule has 2 fully saturated rings. The lowest BCUT2D eigenvalue weighted by Crippen LogP contribution is -2.29. The molecule has 1 aliphatic carbocycles. The molecule has 7 nitrogen and oxygen atoms in total. The molecular formula is C20H20N4O3. The second-order valence-electron chi connectivity index (χ2n) is 7.52. The Morgan fingerprint density at radius 1 is 1.19 bits per heavy atom. The predicted octanol–water partition coefficient (Wildman–Crippen LogP) is 1.17. The second-order valence-corrected chi connectivity index (χ2v) is 7.52. The lowest BCUT2D eigenvalue weighted by Gasteiger charge is -2.17. The van der Waals surface area contributed by atoms with E-state index in [1.54, 1.807) is 23.1 Å². The lowest BCUT2D eigenvalue weighted by molar-refractivity contribution is 0.0764. The van der Waals surface area contributed by atoms with E-state index in [0.717, 1.165) is 5.56 Å². The summed E-state index contributed by atoms with van der Waals surface area (Å²) in [6.45, 7) is 0.716. The van der Waals surface area contributed by atoms with Gasteiger partial charge in [-0.1, -0.05) is 30.3 Å². The second kappa shape index (κ2) is 5.87. The molecule has 1 spiro atoms. The van der Waals surface area contributed by atoms with Gasteiger partial charge < -0.3 is 15.1 Å². The summed E-state index contributed by atoms with van der Waals surface area (Å²) < 4.78 is 0. The van der Waals surface area contributed by atoms with Crippen molar-refractivity contribution in [3.8, 4) is 0 Å². The van der Waals surface area contributed by atoms with Crippen LogP contribution in [0.4, 0.5) is 0 Å². The molecule has 0 bridgehead atoms. The number of amides is 1. The highest BCUT2D eigenvalue weighted by atomic mass is 16.3. The summed E-state index contributed by atoms with van der Waals surface area (Å²) in [5.41, 5.74) is 2.50. The van der Waals surface area contributed by atoms with Crippen molar-refractivity contribution in [1.82, 2.24) is 20.3 Å². The Labute approximate surface area is 155 Å². The van der Waals surface area contributed by atoms with Gasteiger partial charge >= 0.3 is 0 Å². The summed E-state index contributed by atoms with van der Waals surface area (Å²) in [4.78, 5) is 14.7. The number of H-pyrrole nitrogens is 1. The monoisotopic (exact) mass is 364 g/mol. The summed E-state index contributed by atoms with van der Waals surface area (Å²) in [6, 6.07) is 15.1. The van der Waals surface area contributed by atoms with E-state index in [2.05, 4.69) is 15.4 Å². The van der Waals surface area contributed by atoms with Crippen molar-refractivity contribution < 1.29 is 15.0 Å². The molecule has 1 aromatic heterocycles. The molecular weight excluding hydrogens is 344 g/mol. The van der Waals surface area contributed by atoms with Gasteiger partial charge in [0.2, 0.25) is 0 Å². The number of nitrogens with zero attached hydrogens (tertiary/aromatic N) is 3. The zero-order valence-corrected chi connectivity index (χ0v) is 14.6. The number of likely N-dealkylation sites (tertiary alicyclic amines) is 1. The Kier molecular flexibility index (Phi) is 3.57. The summed E-state index contributed by atoms with van der Waals surface area (Å²) in [7, 11) is 0. The van der Waals surface area contributed by atoms with E-state index < -0.39 is 11.5 Å². The van der Waals surface area contributed by atoms with Gasteiger partial charge in [0.05, 0.1) is 6.10 Å². The van der Waals surface area contributed by atoms with E-state index in [9.17, 15) is 15.0 Å². The van der Waals surface area contributed by atoms with E-state index in [4.69, 9.17) is 0 Å². The van der Waals surface area contributed by atoms with Gasteiger partial charge in [0, 0.05) is 30.7 Å². The minimum Gasteiger partial charge on any atom is -0.396 e. The number of rotatable bonds is 3. The number of β-amino-alcohol motifs (C(OH)–C–C–N with tert-alkyl or cyclic N) is 1. The van der Waals surface area contributed by atoms with Gasteiger partial charge in [-0.2, -0.15) is 15.4 Å². The van der Waals surface area contributed by atoms with Crippen molar-refractivity contribution in [2.75, 3.05) is 19.7 Å². The van der Waals surface area contributed by atoms with Gasteiger partial charge in [-0.3, -0.25) is 4.79 Å². The molecule has 3 N–H and O–H groups in total. The van der Waals surface area contributed by atoms with Crippen molar-refractivity contribution in [3.63, 3.8) is 0 Å². The Balaban J connectivity index is 1.43. The van der Waals surface area contributed by atoms with Gasteiger partial charge in [0.1, 0.15) is 11.0 Å². The number of carbonyl (C=O) groups is 1. The standard InChI is InChI=1S/C20H20N4O3/c25-10-14-18(12-4-2-1-3-5-12)20(14)11-24(9-17(20)26)19(27)13-6-7-15-16(8-13)22-23-21-15/h1-8,14,17-18,25-26H,9-11H2,(H,21,22,23)/t14-,17-,18-,20-/m1/s1. The highest BCUT2D eigenvalue weighted by Gasteiger charge is 2.71. The Bertz CT molecular complexity index is 1000. The fraction of sp³-hybridized carbons (Fsp3) is 0.350. The number of aliphatic hydroxyl groups excluding tert-OH is 2. The first-order valence-corrected chi connectivity index (χ1v) is 9.09. The van der Waals surface area contributed by atoms with Crippen molar-refractivity contribution in [3.05, 3.63) is 59.7 Å². The van der Waals surface area contributed by atoms with E-state index in [-0.39, 0.29) is 30.9 Å². The molecule has 2 aliphatic rings. The van der Waals surface area contributed by atoms with Gasteiger partial charge in [0.25, 0.3) is 5.91 Å². The van der Waals surface area contributed by atoms with Crippen LogP contribution in [0.25, 0.3) is 11.0 Å². The highest BCUT2D eigenvalue weighted by molar-refractivity contribution is 5.97. The van der Waals surface area contributed by atoms with Crippen LogP contribution in [0.3, 0.4) is 0 Å². The normalized spacial score (nSPS) is 29.6. The van der Waals surface area contributed by atoms with Gasteiger partial charge in [-0.15, -0.1) is 0 Å². The Hall–Kier alpha value is -2.77. The summed E-state index contributed by atoms with van der Waals surface area (Å²) >= 11 is 0. The van der Waals surface area contributed by atoms with Crippen LogP contribution in [0.5, 0.6) is 0 Å². The average Bonchev–Trinajstić information content (AvgIpc) is 2.96. The summed E-state index contributed by atoms with van der Waals surface area (Å²) in [5.74, 6) is -0.105. The number of fused-ring (bicyclic) bond motifs is 1. The van der Waals surface area contributed by atoms with Crippen molar-refractivity contribution in [2.24, 2.45) is 11.3 Å². The van der Waals surface area contributed by atoms with Crippen LogP contribution in [0.1, 0.15) is 21.8 Å². The minimum atomic E-state index is -0.653. The molecule has 3 aromatic rings. The largest absolute Gasteiger partial charge is 0.396 e. The quantitative estimate of drug-likeness (QED) is 0.647. The van der Waals surface area contributed by atoms with E-state index in [0.29, 0.717) is 23.1 Å². The van der Waals surface area contributed by atoms with Crippen LogP contribution in [0.2, 0.25) is 0 Å². The molecule has 27 heavy (non-hydrogen) atoms. The lowest BCUT2D eigenvalue weighted by atomic mass is 9.95. The van der Waals surface area contributed by atoms with E-state index in [1.165, 1.54) is 0 Å². The van der Waals surface area contributed by atoms with Crippen LogP contribution < -0.4 is 0 Å². The fourth-order valence-electron chi connectivity index (χ4n) is 4.88. The van der Waals surface area contributed by atoms with E-state index >= 15 is 0 Å². The molecule has 5 rings (SSSR count). The van der Waals surface area contributed by atoms with Crippen LogP contribution in [0, 0.1) is 11.3 Å². The molecule has 1 saturated carbocycles. The molecule has 7 heteroatoms. The third-order valence-electron chi connectivity index (χ3n) is 6.25. The number of aromatic nitrogens is 3. The number of carbonyl (C=O) groups excluding carboxylic acids is 1. The zero-order chi connectivity index (χ0) is 18.6. The number of aliphatic hydroxyl groups is 2. The predicted molar refractivity (Wildman–Crippen MR) is 98.0 cm³/mol.